The van der Waals surface area contributed by atoms with E-state index in [2.05, 4.69) is 44.6 Å². The average molecular weight is 248 g/mol. The van der Waals surface area contributed by atoms with Crippen LogP contribution in [0.2, 0.25) is 0 Å². The smallest absolute Gasteiger partial charge is 0.320 e. The zero-order valence-corrected chi connectivity index (χ0v) is 10.4. The van der Waals surface area contributed by atoms with Gasteiger partial charge in [-0.25, -0.2) is 14.8 Å². The van der Waals surface area contributed by atoms with Crippen molar-refractivity contribution in [3.05, 3.63) is 12.5 Å². The van der Waals surface area contributed by atoms with Gasteiger partial charge in [0, 0.05) is 6.54 Å². The fourth-order valence-electron chi connectivity index (χ4n) is 1.49. The van der Waals surface area contributed by atoms with E-state index in [0.717, 1.165) is 6.42 Å². The largest absolute Gasteiger partial charge is 0.338 e. The first-order valence-electron chi connectivity index (χ1n) is 5.85. The maximum absolute atomic E-state index is 11.6. The van der Waals surface area contributed by atoms with Gasteiger partial charge in [-0.15, -0.1) is 0 Å². The molecule has 2 aromatic rings. The van der Waals surface area contributed by atoms with Crippen molar-refractivity contribution in [2.24, 2.45) is 5.92 Å². The second kappa shape index (κ2) is 5.44. The van der Waals surface area contributed by atoms with E-state index in [0.29, 0.717) is 29.3 Å². The standard InChI is InChI=1S/C11H16N6O/c1-7(2)3-4-12-11(18)16-9-8-5-15-17-10(8)14-6-13-9/h5-7H,3-4H2,1-2H3,(H3,12,13,14,15,16,17,18). The van der Waals surface area contributed by atoms with Crippen LogP contribution in [-0.4, -0.2) is 32.7 Å². The van der Waals surface area contributed by atoms with E-state index in [4.69, 9.17) is 0 Å². The summed E-state index contributed by atoms with van der Waals surface area (Å²) in [6.07, 6.45) is 3.90. The topological polar surface area (TPSA) is 95.6 Å². The van der Waals surface area contributed by atoms with E-state index in [1.807, 2.05) is 0 Å². The number of urea groups is 1. The number of aromatic amines is 1. The van der Waals surface area contributed by atoms with Crippen LogP contribution in [0.4, 0.5) is 10.6 Å². The zero-order chi connectivity index (χ0) is 13.0. The molecule has 0 unspecified atom stereocenters. The number of nitrogens with one attached hydrogen (secondary N) is 3. The third-order valence-corrected chi connectivity index (χ3v) is 2.49. The van der Waals surface area contributed by atoms with Gasteiger partial charge in [0.1, 0.15) is 12.1 Å². The highest BCUT2D eigenvalue weighted by atomic mass is 16.2. The maximum Gasteiger partial charge on any atom is 0.320 e. The Hall–Kier alpha value is -2.18. The maximum atomic E-state index is 11.6. The quantitative estimate of drug-likeness (QED) is 0.764. The van der Waals surface area contributed by atoms with Gasteiger partial charge in [-0.05, 0) is 12.3 Å². The van der Waals surface area contributed by atoms with Gasteiger partial charge in [0.2, 0.25) is 0 Å². The molecule has 0 bridgehead atoms. The number of anilines is 1. The molecule has 18 heavy (non-hydrogen) atoms. The first-order valence-corrected chi connectivity index (χ1v) is 5.85. The van der Waals surface area contributed by atoms with Crippen molar-refractivity contribution in [1.82, 2.24) is 25.5 Å². The number of nitrogens with zero attached hydrogens (tertiary/aromatic N) is 3. The predicted octanol–water partition coefficient (Wildman–Crippen LogP) is 1.52. The number of carbonyl (C=O) groups is 1. The van der Waals surface area contributed by atoms with Gasteiger partial charge in [0.05, 0.1) is 11.6 Å². The summed E-state index contributed by atoms with van der Waals surface area (Å²) in [5.74, 6) is 1.01. The molecule has 0 aliphatic rings. The number of hydrogen-bond donors (Lipinski definition) is 3. The Kier molecular flexibility index (Phi) is 3.71. The Morgan fingerprint density at radius 3 is 3.06 bits per heavy atom. The monoisotopic (exact) mass is 248 g/mol. The molecule has 7 heteroatoms. The highest BCUT2D eigenvalue weighted by molar-refractivity contribution is 5.96. The lowest BCUT2D eigenvalue weighted by atomic mass is 10.1. The lowest BCUT2D eigenvalue weighted by Crippen LogP contribution is -2.30. The summed E-state index contributed by atoms with van der Waals surface area (Å²) in [4.78, 5) is 19.7. The molecule has 3 N–H and O–H groups in total. The van der Waals surface area contributed by atoms with Crippen LogP contribution in [-0.2, 0) is 0 Å². The van der Waals surface area contributed by atoms with Crippen LogP contribution in [0.1, 0.15) is 20.3 Å². The number of hydrogen-bond acceptors (Lipinski definition) is 4. The van der Waals surface area contributed by atoms with E-state index in [9.17, 15) is 4.79 Å². The lowest BCUT2D eigenvalue weighted by Gasteiger charge is -2.08. The van der Waals surface area contributed by atoms with E-state index in [1.54, 1.807) is 6.20 Å². The van der Waals surface area contributed by atoms with Crippen molar-refractivity contribution in [3.63, 3.8) is 0 Å². The summed E-state index contributed by atoms with van der Waals surface area (Å²) in [6, 6.07) is -0.267. The van der Waals surface area contributed by atoms with Crippen molar-refractivity contribution in [1.29, 1.82) is 0 Å². The van der Waals surface area contributed by atoms with Crippen LogP contribution in [0.15, 0.2) is 12.5 Å². The van der Waals surface area contributed by atoms with E-state index < -0.39 is 0 Å². The molecule has 0 saturated carbocycles. The molecule has 0 spiro atoms. The number of rotatable bonds is 4. The minimum absolute atomic E-state index is 0.267. The molecule has 2 rings (SSSR count). The van der Waals surface area contributed by atoms with Gasteiger partial charge in [-0.2, -0.15) is 5.10 Å². The van der Waals surface area contributed by atoms with Crippen LogP contribution in [0.25, 0.3) is 11.0 Å². The molecule has 0 aliphatic heterocycles. The number of fused-ring (bicyclic) bond motifs is 1. The van der Waals surface area contributed by atoms with E-state index in [-0.39, 0.29) is 6.03 Å². The van der Waals surface area contributed by atoms with Crippen molar-refractivity contribution in [2.75, 3.05) is 11.9 Å². The molecule has 0 radical (unpaired) electrons. The lowest BCUT2D eigenvalue weighted by molar-refractivity contribution is 0.251. The molecule has 0 atom stereocenters. The van der Waals surface area contributed by atoms with Gasteiger partial charge >= 0.3 is 6.03 Å². The Morgan fingerprint density at radius 2 is 2.28 bits per heavy atom. The van der Waals surface area contributed by atoms with Gasteiger partial charge in [0.15, 0.2) is 5.65 Å². The second-order valence-electron chi connectivity index (χ2n) is 4.42. The molecule has 2 heterocycles. The first-order chi connectivity index (χ1) is 8.66. The Bertz CT molecular complexity index is 535. The van der Waals surface area contributed by atoms with Crippen LogP contribution >= 0.6 is 0 Å². The molecule has 0 fully saturated rings. The predicted molar refractivity (Wildman–Crippen MR) is 68.2 cm³/mol. The molecule has 0 aliphatic carbocycles. The van der Waals surface area contributed by atoms with Crippen molar-refractivity contribution >= 4 is 22.9 Å². The number of carbonyl (C=O) groups excluding carboxylic acids is 1. The fraction of sp³-hybridized carbons (Fsp3) is 0.455. The molecular formula is C11H16N6O. The van der Waals surface area contributed by atoms with Crippen LogP contribution in [0.5, 0.6) is 0 Å². The van der Waals surface area contributed by atoms with Crippen molar-refractivity contribution in [3.8, 4) is 0 Å². The summed E-state index contributed by atoms with van der Waals surface area (Å²) in [5.41, 5.74) is 0.600. The number of H-pyrrole nitrogens is 1. The molecule has 96 valence electrons. The molecule has 2 amide bonds. The molecule has 0 saturated heterocycles. The summed E-state index contributed by atoms with van der Waals surface area (Å²) < 4.78 is 0. The Morgan fingerprint density at radius 1 is 1.44 bits per heavy atom. The van der Waals surface area contributed by atoms with E-state index >= 15 is 0 Å². The van der Waals surface area contributed by atoms with Crippen molar-refractivity contribution < 1.29 is 4.79 Å². The highest BCUT2D eigenvalue weighted by Crippen LogP contribution is 2.15. The zero-order valence-electron chi connectivity index (χ0n) is 10.4. The van der Waals surface area contributed by atoms with Gasteiger partial charge in [-0.3, -0.25) is 10.4 Å². The second-order valence-corrected chi connectivity index (χ2v) is 4.42. The Balaban J connectivity index is 1.96. The minimum Gasteiger partial charge on any atom is -0.338 e. The third kappa shape index (κ3) is 2.93. The van der Waals surface area contributed by atoms with Gasteiger partial charge < -0.3 is 5.32 Å². The van der Waals surface area contributed by atoms with E-state index in [1.165, 1.54) is 6.33 Å². The third-order valence-electron chi connectivity index (χ3n) is 2.49. The molecule has 7 nitrogen and oxygen atoms in total. The summed E-state index contributed by atoms with van der Waals surface area (Å²) in [5, 5.41) is 12.7. The van der Waals surface area contributed by atoms with Gasteiger partial charge in [0.25, 0.3) is 0 Å². The first kappa shape index (κ1) is 12.3. The number of aromatic nitrogens is 4. The summed E-state index contributed by atoms with van der Waals surface area (Å²) in [7, 11) is 0. The number of amides is 2. The summed E-state index contributed by atoms with van der Waals surface area (Å²) >= 11 is 0. The fourth-order valence-corrected chi connectivity index (χ4v) is 1.49. The van der Waals surface area contributed by atoms with Crippen molar-refractivity contribution in [2.45, 2.75) is 20.3 Å². The Labute approximate surface area is 104 Å². The molecule has 2 aromatic heterocycles. The van der Waals surface area contributed by atoms with Crippen LogP contribution in [0.3, 0.4) is 0 Å². The molecular weight excluding hydrogens is 232 g/mol. The highest BCUT2D eigenvalue weighted by Gasteiger charge is 2.08. The van der Waals surface area contributed by atoms with Gasteiger partial charge in [-0.1, -0.05) is 13.8 Å². The minimum atomic E-state index is -0.267. The average Bonchev–Trinajstić information content (AvgIpc) is 2.77. The van der Waals surface area contributed by atoms with Crippen LogP contribution < -0.4 is 10.6 Å². The summed E-state index contributed by atoms with van der Waals surface area (Å²) in [6.45, 7) is 4.86. The molecule has 0 aromatic carbocycles. The van der Waals surface area contributed by atoms with Crippen LogP contribution in [0, 0.1) is 5.92 Å². The SMILES string of the molecule is CC(C)CCNC(=O)Nc1ncnc2[nH]ncc12. The normalized spacial score (nSPS) is 10.8.